The average Bonchev–Trinajstić information content (AvgIpc) is 3.12. The van der Waals surface area contributed by atoms with Gasteiger partial charge in [-0.2, -0.15) is 0 Å². The van der Waals surface area contributed by atoms with E-state index in [1.807, 2.05) is 21.1 Å². The zero-order valence-corrected chi connectivity index (χ0v) is 37.3. The predicted molar refractivity (Wildman–Crippen MR) is 227 cm³/mol. The monoisotopic (exact) mass is 788 g/mol. The number of esters is 1. The molecule has 0 aliphatic heterocycles. The van der Waals surface area contributed by atoms with Crippen LogP contribution in [0.5, 0.6) is 0 Å². The van der Waals surface area contributed by atoms with Crippen molar-refractivity contribution in [1.82, 2.24) is 0 Å². The maximum atomic E-state index is 12.7. The summed E-state index contributed by atoms with van der Waals surface area (Å²) in [6.45, 7) is 5.43. The van der Waals surface area contributed by atoms with Crippen molar-refractivity contribution in [2.24, 2.45) is 0 Å². The fourth-order valence-corrected chi connectivity index (χ4v) is 7.21. The van der Waals surface area contributed by atoms with Crippen LogP contribution >= 0.6 is 7.82 Å². The number of quaternary nitrogens is 1. The second kappa shape index (κ2) is 39.1. The lowest BCUT2D eigenvalue weighted by atomic mass is 10.0. The van der Waals surface area contributed by atoms with Gasteiger partial charge in [0, 0.05) is 13.0 Å². The van der Waals surface area contributed by atoms with Gasteiger partial charge in [0.25, 0.3) is 7.82 Å². The Kier molecular flexibility index (Phi) is 38.5. The highest BCUT2D eigenvalue weighted by Crippen LogP contribution is 2.38. The third kappa shape index (κ3) is 42.4. The topological polar surface area (TPSA) is 94.1 Å². The standard InChI is InChI=1S/C45H90NO7P/c1-6-8-10-12-14-16-18-20-22-23-25-27-29-31-33-35-37-40-50-42-44(43-52-54(48,49)51-41-39-46(3,4)5)53-45(47)38-36-34-32-30-28-26-24-21-19-17-15-13-11-9-7-2/h22-23,44H,6-21,24-43H2,1-5H3/b23-22-. The Morgan fingerprint density at radius 2 is 0.963 bits per heavy atom. The summed E-state index contributed by atoms with van der Waals surface area (Å²) in [6, 6.07) is 0. The molecule has 0 N–H and O–H groups in total. The van der Waals surface area contributed by atoms with E-state index in [0.717, 1.165) is 32.1 Å². The minimum atomic E-state index is -4.52. The van der Waals surface area contributed by atoms with Crippen LogP contribution in [0.1, 0.15) is 213 Å². The molecule has 0 amide bonds. The van der Waals surface area contributed by atoms with Crippen LogP contribution in [0.25, 0.3) is 0 Å². The number of allylic oxidation sites excluding steroid dienone is 2. The van der Waals surface area contributed by atoms with Crippen molar-refractivity contribution >= 4 is 13.8 Å². The molecular weight excluding hydrogens is 697 g/mol. The Morgan fingerprint density at radius 1 is 0.556 bits per heavy atom. The van der Waals surface area contributed by atoms with E-state index in [1.54, 1.807) is 0 Å². The van der Waals surface area contributed by atoms with Gasteiger partial charge in [-0.25, -0.2) is 0 Å². The zero-order chi connectivity index (χ0) is 39.9. The summed E-state index contributed by atoms with van der Waals surface area (Å²) in [5, 5.41) is 0. The number of carbonyl (C=O) groups is 1. The zero-order valence-electron chi connectivity index (χ0n) is 36.4. The van der Waals surface area contributed by atoms with E-state index in [2.05, 4.69) is 26.0 Å². The van der Waals surface area contributed by atoms with Crippen molar-refractivity contribution in [3.8, 4) is 0 Å². The molecule has 8 nitrogen and oxygen atoms in total. The van der Waals surface area contributed by atoms with Gasteiger partial charge in [0.2, 0.25) is 0 Å². The molecule has 322 valence electrons. The fraction of sp³-hybridized carbons (Fsp3) is 0.933. The van der Waals surface area contributed by atoms with Gasteiger partial charge in [-0.15, -0.1) is 0 Å². The smallest absolute Gasteiger partial charge is 0.306 e. The van der Waals surface area contributed by atoms with Gasteiger partial charge in [0.1, 0.15) is 19.3 Å². The molecule has 0 aliphatic carbocycles. The van der Waals surface area contributed by atoms with Crippen LogP contribution in [0.3, 0.4) is 0 Å². The van der Waals surface area contributed by atoms with Crippen LogP contribution in [0, 0.1) is 0 Å². The second-order valence-corrected chi connectivity index (χ2v) is 18.2. The summed E-state index contributed by atoms with van der Waals surface area (Å²) < 4.78 is 34.6. The van der Waals surface area contributed by atoms with Crippen LogP contribution in [0.2, 0.25) is 0 Å². The molecule has 9 heteroatoms. The third-order valence-electron chi connectivity index (χ3n) is 10.1. The number of nitrogens with zero attached hydrogens (tertiary/aromatic N) is 1. The van der Waals surface area contributed by atoms with E-state index in [4.69, 9.17) is 18.5 Å². The summed E-state index contributed by atoms with van der Waals surface area (Å²) in [6.07, 6.45) is 42.2. The van der Waals surface area contributed by atoms with Crippen LogP contribution in [0.15, 0.2) is 12.2 Å². The number of phosphoric ester groups is 1. The molecule has 0 bridgehead atoms. The molecule has 0 aromatic rings. The molecule has 2 atom stereocenters. The summed E-state index contributed by atoms with van der Waals surface area (Å²) >= 11 is 0. The van der Waals surface area contributed by atoms with Gasteiger partial charge in [-0.3, -0.25) is 9.36 Å². The summed E-state index contributed by atoms with van der Waals surface area (Å²) in [7, 11) is 1.36. The fourth-order valence-electron chi connectivity index (χ4n) is 6.48. The Bertz CT molecular complexity index is 879. The summed E-state index contributed by atoms with van der Waals surface area (Å²) in [5.74, 6) is -0.332. The van der Waals surface area contributed by atoms with Crippen molar-refractivity contribution in [2.45, 2.75) is 219 Å². The highest BCUT2D eigenvalue weighted by atomic mass is 31.2. The molecule has 0 rings (SSSR count). The first-order valence-electron chi connectivity index (χ1n) is 22.9. The molecule has 0 spiro atoms. The number of rotatable bonds is 43. The summed E-state index contributed by atoms with van der Waals surface area (Å²) in [4.78, 5) is 25.1. The lowest BCUT2D eigenvalue weighted by Crippen LogP contribution is -2.37. The van der Waals surface area contributed by atoms with Crippen LogP contribution < -0.4 is 4.89 Å². The highest BCUT2D eigenvalue weighted by Gasteiger charge is 2.20. The van der Waals surface area contributed by atoms with E-state index < -0.39 is 13.9 Å². The SMILES string of the molecule is CCCCCCCCC/C=C\CCCCCCCCOCC(COP(=O)([O-])OCC[N+](C)(C)C)OC(=O)CCCCCCCCCCCCCCCCC. The molecular formula is C45H90NO7P. The Balaban J connectivity index is 4.19. The molecule has 0 aliphatic rings. The predicted octanol–water partition coefficient (Wildman–Crippen LogP) is 12.8. The lowest BCUT2D eigenvalue weighted by Gasteiger charge is -2.28. The number of carbonyl (C=O) groups excluding carboxylic acids is 1. The lowest BCUT2D eigenvalue weighted by molar-refractivity contribution is -0.870. The maximum Gasteiger partial charge on any atom is 0.306 e. The molecule has 0 fully saturated rings. The van der Waals surface area contributed by atoms with Gasteiger partial charge in [0.15, 0.2) is 0 Å². The van der Waals surface area contributed by atoms with E-state index in [1.165, 1.54) is 161 Å². The molecule has 0 aromatic heterocycles. The normalized spacial score (nSPS) is 13.8. The van der Waals surface area contributed by atoms with Crippen molar-refractivity contribution in [1.29, 1.82) is 0 Å². The first-order chi connectivity index (χ1) is 26.1. The van der Waals surface area contributed by atoms with E-state index in [0.29, 0.717) is 24.1 Å². The molecule has 0 aromatic carbocycles. The number of hydrogen-bond donors (Lipinski definition) is 0. The van der Waals surface area contributed by atoms with Crippen molar-refractivity contribution in [3.63, 3.8) is 0 Å². The van der Waals surface area contributed by atoms with Gasteiger partial charge in [0.05, 0.1) is 34.4 Å². The van der Waals surface area contributed by atoms with E-state index >= 15 is 0 Å². The Morgan fingerprint density at radius 3 is 1.41 bits per heavy atom. The van der Waals surface area contributed by atoms with Crippen molar-refractivity contribution < 1.29 is 37.3 Å². The minimum absolute atomic E-state index is 0.0282. The Labute approximate surface area is 335 Å². The average molecular weight is 788 g/mol. The largest absolute Gasteiger partial charge is 0.756 e. The number of hydrogen-bond acceptors (Lipinski definition) is 7. The van der Waals surface area contributed by atoms with Crippen molar-refractivity contribution in [2.75, 3.05) is 54.1 Å². The third-order valence-corrected chi connectivity index (χ3v) is 11.0. The number of phosphoric acid groups is 1. The first kappa shape index (κ1) is 53.2. The van der Waals surface area contributed by atoms with Crippen molar-refractivity contribution in [3.05, 3.63) is 12.2 Å². The Hall–Kier alpha value is -0.760. The second-order valence-electron chi connectivity index (χ2n) is 16.8. The van der Waals surface area contributed by atoms with Crippen LogP contribution in [-0.4, -0.2) is 70.7 Å². The van der Waals surface area contributed by atoms with Gasteiger partial charge >= 0.3 is 5.97 Å². The molecule has 0 radical (unpaired) electrons. The maximum absolute atomic E-state index is 12.7. The van der Waals surface area contributed by atoms with Gasteiger partial charge in [-0.05, 0) is 38.5 Å². The first-order valence-corrected chi connectivity index (χ1v) is 24.4. The molecule has 54 heavy (non-hydrogen) atoms. The number of ether oxygens (including phenoxy) is 2. The van der Waals surface area contributed by atoms with E-state index in [9.17, 15) is 14.3 Å². The molecule has 2 unspecified atom stereocenters. The van der Waals surface area contributed by atoms with Gasteiger partial charge < -0.3 is 27.9 Å². The highest BCUT2D eigenvalue weighted by molar-refractivity contribution is 7.45. The molecule has 0 saturated carbocycles. The minimum Gasteiger partial charge on any atom is -0.756 e. The van der Waals surface area contributed by atoms with E-state index in [-0.39, 0.29) is 25.8 Å². The van der Waals surface area contributed by atoms with Gasteiger partial charge in [-0.1, -0.05) is 180 Å². The van der Waals surface area contributed by atoms with Crippen LogP contribution in [0.4, 0.5) is 0 Å². The molecule has 0 saturated heterocycles. The molecule has 0 heterocycles. The quantitative estimate of drug-likeness (QED) is 0.0200. The summed E-state index contributed by atoms with van der Waals surface area (Å²) in [5.41, 5.74) is 0. The number of likely N-dealkylation sites (N-methyl/N-ethyl adjacent to an activating group) is 1. The number of unbranched alkanes of at least 4 members (excludes halogenated alkanes) is 27. The van der Waals surface area contributed by atoms with Crippen LogP contribution in [-0.2, 0) is 27.9 Å².